The largest absolute Gasteiger partial charge is 0.350 e. The molecule has 33 heavy (non-hydrogen) atoms. The maximum absolute atomic E-state index is 12.9. The number of nitrogens with zero attached hydrogens (tertiary/aromatic N) is 1. The van der Waals surface area contributed by atoms with Crippen LogP contribution >= 0.6 is 34.8 Å². The molecule has 0 fully saturated rings. The summed E-state index contributed by atoms with van der Waals surface area (Å²) < 4.78 is 0. The first-order valence-electron chi connectivity index (χ1n) is 9.73. The third-order valence-corrected chi connectivity index (χ3v) is 5.98. The molecule has 9 heteroatoms. The van der Waals surface area contributed by atoms with Gasteiger partial charge in [0.1, 0.15) is 10.7 Å². The van der Waals surface area contributed by atoms with Crippen LogP contribution < -0.4 is 15.5 Å². The predicted octanol–water partition coefficient (Wildman–Crippen LogP) is 5.99. The van der Waals surface area contributed by atoms with Gasteiger partial charge < -0.3 is 10.6 Å². The molecule has 166 valence electrons. The third-order valence-electron chi connectivity index (χ3n) is 4.89. The van der Waals surface area contributed by atoms with Crippen molar-refractivity contribution in [3.05, 3.63) is 98.6 Å². The molecule has 0 radical (unpaired) electrons. The van der Waals surface area contributed by atoms with Crippen molar-refractivity contribution in [2.75, 3.05) is 15.5 Å². The van der Waals surface area contributed by atoms with Crippen LogP contribution in [0.25, 0.3) is 0 Å². The maximum atomic E-state index is 12.9. The van der Waals surface area contributed by atoms with Crippen LogP contribution in [-0.4, -0.2) is 17.7 Å². The number of amides is 3. The van der Waals surface area contributed by atoms with E-state index in [0.29, 0.717) is 32.7 Å². The Morgan fingerprint density at radius 3 is 2.24 bits per heavy atom. The van der Waals surface area contributed by atoms with E-state index in [1.807, 2.05) is 6.92 Å². The number of aryl methyl sites for hydroxylation is 1. The molecule has 0 spiro atoms. The van der Waals surface area contributed by atoms with Gasteiger partial charge in [0.15, 0.2) is 0 Å². The van der Waals surface area contributed by atoms with Crippen LogP contribution in [0.5, 0.6) is 0 Å². The average Bonchev–Trinajstić information content (AvgIpc) is 3.00. The van der Waals surface area contributed by atoms with Gasteiger partial charge in [-0.2, -0.15) is 0 Å². The molecule has 6 nitrogen and oxygen atoms in total. The van der Waals surface area contributed by atoms with Crippen molar-refractivity contribution < 1.29 is 14.4 Å². The predicted molar refractivity (Wildman–Crippen MR) is 131 cm³/mol. The second-order valence-corrected chi connectivity index (χ2v) is 8.45. The van der Waals surface area contributed by atoms with Gasteiger partial charge in [-0.3, -0.25) is 14.4 Å². The van der Waals surface area contributed by atoms with E-state index >= 15 is 0 Å². The second-order valence-electron chi connectivity index (χ2n) is 7.26. The van der Waals surface area contributed by atoms with Crippen molar-refractivity contribution in [3.63, 3.8) is 0 Å². The minimum Gasteiger partial charge on any atom is -0.350 e. The Morgan fingerprint density at radius 1 is 0.818 bits per heavy atom. The van der Waals surface area contributed by atoms with Crippen molar-refractivity contribution in [3.8, 4) is 0 Å². The number of nitrogens with one attached hydrogen (secondary N) is 2. The zero-order valence-corrected chi connectivity index (χ0v) is 19.4. The first kappa shape index (κ1) is 22.9. The summed E-state index contributed by atoms with van der Waals surface area (Å²) >= 11 is 18.1. The number of rotatable bonds is 5. The van der Waals surface area contributed by atoms with E-state index in [1.165, 1.54) is 12.1 Å². The summed E-state index contributed by atoms with van der Waals surface area (Å²) in [5.41, 5.74) is 2.55. The van der Waals surface area contributed by atoms with Gasteiger partial charge in [-0.05, 0) is 55.5 Å². The van der Waals surface area contributed by atoms with Crippen molar-refractivity contribution in [2.45, 2.75) is 6.92 Å². The van der Waals surface area contributed by atoms with Gasteiger partial charge in [-0.25, -0.2) is 4.90 Å². The number of carbonyl (C=O) groups is 3. The molecule has 0 atom stereocenters. The number of carbonyl (C=O) groups excluding carboxylic acids is 3. The number of hydrogen-bond acceptors (Lipinski definition) is 4. The second kappa shape index (κ2) is 9.27. The molecule has 0 aliphatic carbocycles. The van der Waals surface area contributed by atoms with Crippen LogP contribution in [0.3, 0.4) is 0 Å². The topological polar surface area (TPSA) is 78.5 Å². The van der Waals surface area contributed by atoms with Gasteiger partial charge in [-0.15, -0.1) is 0 Å². The Kier molecular flexibility index (Phi) is 6.42. The molecule has 0 bridgehead atoms. The van der Waals surface area contributed by atoms with E-state index in [-0.39, 0.29) is 10.7 Å². The Morgan fingerprint density at radius 2 is 1.55 bits per heavy atom. The van der Waals surface area contributed by atoms with Crippen LogP contribution in [-0.2, 0) is 9.59 Å². The lowest BCUT2D eigenvalue weighted by Crippen LogP contribution is -2.32. The fourth-order valence-electron chi connectivity index (χ4n) is 3.20. The summed E-state index contributed by atoms with van der Waals surface area (Å²) in [6.45, 7) is 1.90. The van der Waals surface area contributed by atoms with Crippen molar-refractivity contribution in [1.82, 2.24) is 0 Å². The highest BCUT2D eigenvalue weighted by Gasteiger charge is 2.38. The van der Waals surface area contributed by atoms with Gasteiger partial charge >= 0.3 is 0 Å². The lowest BCUT2D eigenvalue weighted by atomic mass is 10.1. The summed E-state index contributed by atoms with van der Waals surface area (Å²) in [6, 6.07) is 18.1. The molecular formula is C24H16Cl3N3O3. The summed E-state index contributed by atoms with van der Waals surface area (Å²) in [6.07, 6.45) is 0. The Labute approximate surface area is 204 Å². The highest BCUT2D eigenvalue weighted by atomic mass is 35.5. The molecule has 1 aliphatic heterocycles. The molecule has 0 saturated heterocycles. The van der Waals surface area contributed by atoms with Gasteiger partial charge in [0.05, 0.1) is 15.7 Å². The number of halogens is 3. The van der Waals surface area contributed by atoms with Gasteiger partial charge in [-0.1, -0.05) is 58.6 Å². The van der Waals surface area contributed by atoms with Gasteiger partial charge in [0.25, 0.3) is 17.7 Å². The minimum atomic E-state index is -0.624. The fraction of sp³-hybridized carbons (Fsp3) is 0.0417. The summed E-state index contributed by atoms with van der Waals surface area (Å²) in [7, 11) is 0. The Bertz CT molecular complexity index is 1320. The molecule has 3 amide bonds. The molecule has 3 aromatic carbocycles. The number of anilines is 3. The highest BCUT2D eigenvalue weighted by molar-refractivity contribution is 6.53. The Hall–Kier alpha value is -3.32. The first-order valence-corrected chi connectivity index (χ1v) is 10.9. The summed E-state index contributed by atoms with van der Waals surface area (Å²) in [4.78, 5) is 39.2. The molecule has 3 aromatic rings. The molecule has 0 unspecified atom stereocenters. The maximum Gasteiger partial charge on any atom is 0.283 e. The smallest absolute Gasteiger partial charge is 0.283 e. The van der Waals surface area contributed by atoms with Crippen LogP contribution in [0.1, 0.15) is 15.9 Å². The quantitative estimate of drug-likeness (QED) is 0.422. The summed E-state index contributed by atoms with van der Waals surface area (Å²) in [5, 5.41) is 6.06. The van der Waals surface area contributed by atoms with Crippen molar-refractivity contribution >= 4 is 69.6 Å². The highest BCUT2D eigenvalue weighted by Crippen LogP contribution is 2.30. The monoisotopic (exact) mass is 499 g/mol. The number of hydrogen-bond donors (Lipinski definition) is 2. The van der Waals surface area contributed by atoms with Crippen LogP contribution in [0.4, 0.5) is 17.1 Å². The molecule has 0 aromatic heterocycles. The standard InChI is InChI=1S/C24H16Cl3N3O3/c1-13-5-8-17(9-6-13)30-23(32)20(27)21(24(30)33)28-15-4-2-3-14(11-15)22(31)29-16-7-10-18(25)19(26)12-16/h2-12,28H,1H3,(H,29,31). The zero-order valence-electron chi connectivity index (χ0n) is 17.2. The normalized spacial score (nSPS) is 13.5. The zero-order chi connectivity index (χ0) is 23.7. The number of benzene rings is 3. The summed E-state index contributed by atoms with van der Waals surface area (Å²) in [5.74, 6) is -1.60. The minimum absolute atomic E-state index is 0.0655. The Balaban J connectivity index is 1.53. The van der Waals surface area contributed by atoms with Crippen LogP contribution in [0, 0.1) is 6.92 Å². The first-order chi connectivity index (χ1) is 15.7. The molecule has 2 N–H and O–H groups in total. The van der Waals surface area contributed by atoms with Gasteiger partial charge in [0, 0.05) is 16.9 Å². The molecule has 1 aliphatic rings. The van der Waals surface area contributed by atoms with E-state index in [4.69, 9.17) is 34.8 Å². The van der Waals surface area contributed by atoms with Gasteiger partial charge in [0.2, 0.25) is 0 Å². The van der Waals surface area contributed by atoms with Crippen molar-refractivity contribution in [2.24, 2.45) is 0 Å². The van der Waals surface area contributed by atoms with Crippen LogP contribution in [0.2, 0.25) is 10.0 Å². The molecular weight excluding hydrogens is 485 g/mol. The van der Waals surface area contributed by atoms with E-state index < -0.39 is 17.7 Å². The molecule has 1 heterocycles. The van der Waals surface area contributed by atoms with Crippen molar-refractivity contribution in [1.29, 1.82) is 0 Å². The van der Waals surface area contributed by atoms with E-state index in [9.17, 15) is 14.4 Å². The van der Waals surface area contributed by atoms with E-state index in [2.05, 4.69) is 10.6 Å². The molecule has 0 saturated carbocycles. The van der Waals surface area contributed by atoms with Crippen LogP contribution in [0.15, 0.2) is 77.5 Å². The SMILES string of the molecule is Cc1ccc(N2C(=O)C(Cl)=C(Nc3cccc(C(=O)Nc4ccc(Cl)c(Cl)c4)c3)C2=O)cc1. The lowest BCUT2D eigenvalue weighted by molar-refractivity contribution is -0.120. The number of imide groups is 1. The molecule has 4 rings (SSSR count). The lowest BCUT2D eigenvalue weighted by Gasteiger charge is -2.15. The van der Waals surface area contributed by atoms with E-state index in [1.54, 1.807) is 54.6 Å². The third kappa shape index (κ3) is 4.73. The average molecular weight is 501 g/mol. The fourth-order valence-corrected chi connectivity index (χ4v) is 3.71. The van der Waals surface area contributed by atoms with E-state index in [0.717, 1.165) is 10.5 Å².